The van der Waals surface area contributed by atoms with Crippen molar-refractivity contribution >= 4 is 51.2 Å². The number of carbonyl (C=O) groups excluding carboxylic acids is 2. The maximum atomic E-state index is 12.7. The Labute approximate surface area is 175 Å². The molecule has 1 aliphatic heterocycles. The molecule has 1 fully saturated rings. The van der Waals surface area contributed by atoms with Gasteiger partial charge >= 0.3 is 0 Å². The number of thiophene rings is 1. The Morgan fingerprint density at radius 2 is 2.14 bits per heavy atom. The van der Waals surface area contributed by atoms with Crippen molar-refractivity contribution in [2.45, 2.75) is 25.3 Å². The molecule has 2 amide bonds. The number of carbonyl (C=O) groups is 2. The summed E-state index contributed by atoms with van der Waals surface area (Å²) in [4.78, 5) is 28.0. The Bertz CT molecular complexity index is 990. The van der Waals surface area contributed by atoms with E-state index in [0.717, 1.165) is 16.9 Å². The second-order valence-corrected chi connectivity index (χ2v) is 8.86. The summed E-state index contributed by atoms with van der Waals surface area (Å²) in [5, 5.41) is 14.7. The summed E-state index contributed by atoms with van der Waals surface area (Å²) >= 11 is 8.85. The molecular weight excluding hydrogens is 416 g/mol. The lowest BCUT2D eigenvalue weighted by molar-refractivity contribution is -0.136. The van der Waals surface area contributed by atoms with Crippen LogP contribution < -0.4 is 5.32 Å². The molecule has 2 aromatic heterocycles. The monoisotopic (exact) mass is 432 g/mol. The fraction of sp³-hybridized carbons (Fsp3) is 0.263. The zero-order chi connectivity index (χ0) is 19.5. The molecule has 1 atom stereocenters. The Kier molecular flexibility index (Phi) is 5.70. The Morgan fingerprint density at radius 1 is 1.25 bits per heavy atom. The number of amides is 2. The summed E-state index contributed by atoms with van der Waals surface area (Å²) in [6, 6.07) is 10.7. The molecule has 3 aromatic rings. The van der Waals surface area contributed by atoms with Gasteiger partial charge < -0.3 is 4.90 Å². The lowest BCUT2D eigenvalue weighted by atomic mass is 10.2. The summed E-state index contributed by atoms with van der Waals surface area (Å²) in [6.45, 7) is 0.603. The van der Waals surface area contributed by atoms with Crippen molar-refractivity contribution in [1.29, 1.82) is 0 Å². The normalized spacial score (nSPS) is 16.3. The van der Waals surface area contributed by atoms with Gasteiger partial charge in [0.2, 0.25) is 16.9 Å². The molecule has 144 valence electrons. The number of anilines is 1. The average Bonchev–Trinajstić information content (AvgIpc) is 3.43. The van der Waals surface area contributed by atoms with E-state index in [1.807, 2.05) is 29.6 Å². The highest BCUT2D eigenvalue weighted by Gasteiger charge is 2.34. The summed E-state index contributed by atoms with van der Waals surface area (Å²) in [6.07, 6.45) is 1.80. The molecule has 1 aromatic carbocycles. The van der Waals surface area contributed by atoms with Crippen LogP contribution in [0.1, 0.15) is 17.7 Å². The SMILES string of the molecule is O=C(Nc1nnc(-c2cccc(Cl)c2)s1)C1CCCN1C(=O)Cc1cccs1. The highest BCUT2D eigenvalue weighted by Crippen LogP contribution is 2.29. The first-order valence-electron chi connectivity index (χ1n) is 8.82. The number of aromatic nitrogens is 2. The van der Waals surface area contributed by atoms with Crippen LogP contribution >= 0.6 is 34.3 Å². The van der Waals surface area contributed by atoms with Crippen molar-refractivity contribution in [1.82, 2.24) is 15.1 Å². The smallest absolute Gasteiger partial charge is 0.249 e. The number of benzene rings is 1. The lowest BCUT2D eigenvalue weighted by Gasteiger charge is -2.23. The molecule has 0 radical (unpaired) electrons. The number of likely N-dealkylation sites (tertiary alicyclic amines) is 1. The topological polar surface area (TPSA) is 75.2 Å². The van der Waals surface area contributed by atoms with Crippen LogP contribution in [-0.2, 0) is 16.0 Å². The van der Waals surface area contributed by atoms with Crippen molar-refractivity contribution in [3.8, 4) is 10.6 Å². The summed E-state index contributed by atoms with van der Waals surface area (Å²) in [5.41, 5.74) is 0.846. The predicted octanol–water partition coefficient (Wildman–Crippen LogP) is 4.09. The van der Waals surface area contributed by atoms with Crippen molar-refractivity contribution in [2.75, 3.05) is 11.9 Å². The molecular formula is C19H17ClN4O2S2. The van der Waals surface area contributed by atoms with Gasteiger partial charge in [-0.25, -0.2) is 0 Å². The van der Waals surface area contributed by atoms with E-state index in [-0.39, 0.29) is 11.8 Å². The minimum absolute atomic E-state index is 0.0167. The molecule has 6 nitrogen and oxygen atoms in total. The van der Waals surface area contributed by atoms with Crippen molar-refractivity contribution < 1.29 is 9.59 Å². The van der Waals surface area contributed by atoms with Crippen molar-refractivity contribution in [2.24, 2.45) is 0 Å². The lowest BCUT2D eigenvalue weighted by Crippen LogP contribution is -2.43. The average molecular weight is 433 g/mol. The van der Waals surface area contributed by atoms with E-state index in [1.165, 1.54) is 11.3 Å². The van der Waals surface area contributed by atoms with Crippen molar-refractivity contribution in [3.05, 3.63) is 51.7 Å². The van der Waals surface area contributed by atoms with Gasteiger partial charge in [0, 0.05) is 22.0 Å². The quantitative estimate of drug-likeness (QED) is 0.658. The van der Waals surface area contributed by atoms with Crippen molar-refractivity contribution in [3.63, 3.8) is 0 Å². The first-order valence-corrected chi connectivity index (χ1v) is 10.9. The summed E-state index contributed by atoms with van der Waals surface area (Å²) in [5.74, 6) is -0.234. The van der Waals surface area contributed by atoms with E-state index in [9.17, 15) is 9.59 Å². The molecule has 0 saturated carbocycles. The van der Waals surface area contributed by atoms with E-state index in [4.69, 9.17) is 11.6 Å². The van der Waals surface area contributed by atoms with Gasteiger partial charge in [-0.2, -0.15) is 0 Å². The van der Waals surface area contributed by atoms with E-state index >= 15 is 0 Å². The molecule has 9 heteroatoms. The minimum atomic E-state index is -0.467. The standard InChI is InChI=1S/C19H17ClN4O2S2/c20-13-5-1-4-12(10-13)18-22-23-19(28-18)21-17(26)15-7-2-8-24(15)16(25)11-14-6-3-9-27-14/h1,3-6,9-10,15H,2,7-8,11H2,(H,21,23,26). The first kappa shape index (κ1) is 19.0. The largest absolute Gasteiger partial charge is 0.330 e. The molecule has 1 aliphatic rings. The third-order valence-electron chi connectivity index (χ3n) is 4.51. The molecule has 3 heterocycles. The summed E-state index contributed by atoms with van der Waals surface area (Å²) in [7, 11) is 0. The number of hydrogen-bond acceptors (Lipinski definition) is 6. The van der Waals surface area contributed by atoms with Crippen LogP contribution in [-0.4, -0.2) is 39.5 Å². The van der Waals surface area contributed by atoms with E-state index in [0.29, 0.717) is 34.5 Å². The van der Waals surface area contributed by atoms with Crippen LogP contribution in [0.25, 0.3) is 10.6 Å². The van der Waals surface area contributed by atoms with Gasteiger partial charge in [0.1, 0.15) is 11.0 Å². The van der Waals surface area contributed by atoms with E-state index in [1.54, 1.807) is 28.4 Å². The third kappa shape index (κ3) is 4.24. The van der Waals surface area contributed by atoms with Crippen LogP contribution in [0.3, 0.4) is 0 Å². The number of rotatable bonds is 5. The van der Waals surface area contributed by atoms with Crippen LogP contribution in [0.2, 0.25) is 5.02 Å². The molecule has 0 aliphatic carbocycles. The van der Waals surface area contributed by atoms with Gasteiger partial charge in [-0.1, -0.05) is 41.1 Å². The highest BCUT2D eigenvalue weighted by atomic mass is 35.5. The number of nitrogens with one attached hydrogen (secondary N) is 1. The molecule has 1 unspecified atom stereocenters. The zero-order valence-electron chi connectivity index (χ0n) is 14.8. The molecule has 0 spiro atoms. The summed E-state index contributed by atoms with van der Waals surface area (Å²) < 4.78 is 0. The molecule has 1 saturated heterocycles. The van der Waals surface area contributed by atoms with Gasteiger partial charge in [0.15, 0.2) is 0 Å². The predicted molar refractivity (Wildman–Crippen MR) is 112 cm³/mol. The Morgan fingerprint density at radius 3 is 2.93 bits per heavy atom. The number of hydrogen-bond donors (Lipinski definition) is 1. The fourth-order valence-electron chi connectivity index (χ4n) is 3.20. The Balaban J connectivity index is 1.42. The second kappa shape index (κ2) is 8.38. The number of nitrogens with zero attached hydrogens (tertiary/aromatic N) is 3. The van der Waals surface area contributed by atoms with Crippen LogP contribution in [0.4, 0.5) is 5.13 Å². The Hall–Kier alpha value is -2.29. The fourth-order valence-corrected chi connectivity index (χ4v) is 4.83. The zero-order valence-corrected chi connectivity index (χ0v) is 17.2. The molecule has 4 rings (SSSR count). The molecule has 1 N–H and O–H groups in total. The van der Waals surface area contributed by atoms with Gasteiger partial charge in [-0.15, -0.1) is 21.5 Å². The highest BCUT2D eigenvalue weighted by molar-refractivity contribution is 7.18. The number of halogens is 1. The molecule has 28 heavy (non-hydrogen) atoms. The minimum Gasteiger partial charge on any atom is -0.330 e. The van der Waals surface area contributed by atoms with Gasteiger partial charge in [0.05, 0.1) is 6.42 Å². The van der Waals surface area contributed by atoms with E-state index < -0.39 is 6.04 Å². The molecule has 0 bridgehead atoms. The third-order valence-corrected chi connectivity index (χ3v) is 6.51. The first-order chi connectivity index (χ1) is 13.6. The van der Waals surface area contributed by atoms with Gasteiger partial charge in [-0.05, 0) is 36.4 Å². The maximum absolute atomic E-state index is 12.7. The second-order valence-electron chi connectivity index (χ2n) is 6.41. The van der Waals surface area contributed by atoms with E-state index in [2.05, 4.69) is 15.5 Å². The van der Waals surface area contributed by atoms with Crippen LogP contribution in [0.15, 0.2) is 41.8 Å². The van der Waals surface area contributed by atoms with Crippen LogP contribution in [0.5, 0.6) is 0 Å². The van der Waals surface area contributed by atoms with Gasteiger partial charge in [0.25, 0.3) is 0 Å². The maximum Gasteiger partial charge on any atom is 0.249 e. The van der Waals surface area contributed by atoms with Crippen LogP contribution in [0, 0.1) is 0 Å². The van der Waals surface area contributed by atoms with Gasteiger partial charge in [-0.3, -0.25) is 14.9 Å².